The van der Waals surface area contributed by atoms with Gasteiger partial charge in [-0.15, -0.1) is 0 Å². The molecule has 0 amide bonds. The van der Waals surface area contributed by atoms with Gasteiger partial charge >= 0.3 is 0 Å². The van der Waals surface area contributed by atoms with Crippen molar-refractivity contribution < 1.29 is 17.2 Å². The van der Waals surface area contributed by atoms with Gasteiger partial charge in [0.05, 0.1) is 28.2 Å². The van der Waals surface area contributed by atoms with Gasteiger partial charge in [-0.2, -0.15) is 0 Å². The highest BCUT2D eigenvalue weighted by Crippen LogP contribution is 2.43. The zero-order chi connectivity index (χ0) is 26.9. The van der Waals surface area contributed by atoms with Crippen LogP contribution in [0.2, 0.25) is 0 Å². The number of halogens is 2. The first kappa shape index (κ1) is 25.5. The van der Waals surface area contributed by atoms with E-state index in [0.29, 0.717) is 28.6 Å². The summed E-state index contributed by atoms with van der Waals surface area (Å²) in [5.74, 6) is -2.28. The third-order valence-electron chi connectivity index (χ3n) is 6.83. The predicted molar refractivity (Wildman–Crippen MR) is 144 cm³/mol. The molecule has 0 spiro atoms. The second-order valence-electron chi connectivity index (χ2n) is 10.3. The number of aliphatic imine (C=N–C) groups is 1. The van der Waals surface area contributed by atoms with Crippen LogP contribution >= 0.6 is 12.2 Å². The first-order valence-corrected chi connectivity index (χ1v) is 13.8. The molecular weight excluding hydrogens is 514 g/mol. The van der Waals surface area contributed by atoms with E-state index >= 15 is 0 Å². The number of aromatic nitrogens is 1. The molecule has 0 atom stereocenters. The summed E-state index contributed by atoms with van der Waals surface area (Å²) in [6.07, 6.45) is 0. The fourth-order valence-electron chi connectivity index (χ4n) is 5.00. The van der Waals surface area contributed by atoms with Gasteiger partial charge in [0.25, 0.3) is 5.92 Å². The van der Waals surface area contributed by atoms with Crippen LogP contribution in [0, 0.1) is 6.92 Å². The number of alkyl halides is 2. The van der Waals surface area contributed by atoms with E-state index in [9.17, 15) is 17.2 Å². The first-order chi connectivity index (χ1) is 17.2. The molecule has 3 heterocycles. The van der Waals surface area contributed by atoms with Crippen LogP contribution in [0.15, 0.2) is 69.5 Å². The number of guanidine groups is 1. The van der Waals surface area contributed by atoms with Crippen LogP contribution in [-0.4, -0.2) is 48.0 Å². The van der Waals surface area contributed by atoms with Crippen LogP contribution in [0.3, 0.4) is 0 Å². The molecule has 0 saturated carbocycles. The largest absolute Gasteiger partial charge is 0.329 e. The normalized spacial score (nSPS) is 17.1. The maximum absolute atomic E-state index is 14.1. The lowest BCUT2D eigenvalue weighted by molar-refractivity contribution is 0.0174. The average molecular weight is 543 g/mol. The van der Waals surface area contributed by atoms with Gasteiger partial charge in [-0.25, -0.2) is 22.2 Å². The van der Waals surface area contributed by atoms with Gasteiger partial charge in [0, 0.05) is 31.8 Å². The van der Waals surface area contributed by atoms with Crippen molar-refractivity contribution in [2.75, 3.05) is 18.5 Å². The Kier molecular flexibility index (Phi) is 5.84. The highest BCUT2D eigenvalue weighted by Gasteiger charge is 2.45. The van der Waals surface area contributed by atoms with Crippen molar-refractivity contribution in [2.45, 2.75) is 55.6 Å². The van der Waals surface area contributed by atoms with E-state index in [1.165, 1.54) is 12.1 Å². The minimum Gasteiger partial charge on any atom is -0.329 e. The number of fused-ring (bicyclic) bond motifs is 3. The molecule has 0 radical (unpaired) electrons. The molecule has 0 fully saturated rings. The van der Waals surface area contributed by atoms with E-state index in [2.05, 4.69) is 0 Å². The summed E-state index contributed by atoms with van der Waals surface area (Å²) in [6, 6.07) is 14.2. The van der Waals surface area contributed by atoms with Gasteiger partial charge in [-0.1, -0.05) is 54.7 Å². The number of benzene rings is 2. The minimum absolute atomic E-state index is 0.0942. The molecule has 194 valence electrons. The van der Waals surface area contributed by atoms with Gasteiger partial charge in [-0.05, 0) is 38.5 Å². The summed E-state index contributed by atoms with van der Waals surface area (Å²) in [6.45, 7) is 7.50. The maximum Gasteiger partial charge on any atom is 0.270 e. The summed E-state index contributed by atoms with van der Waals surface area (Å²) in [4.78, 5) is 9.16. The lowest BCUT2D eigenvalue weighted by atomic mass is 10.1. The Bertz CT molecular complexity index is 1540. The second kappa shape index (κ2) is 8.46. The van der Waals surface area contributed by atoms with E-state index in [4.69, 9.17) is 17.2 Å². The standard InChI is InChI=1S/C27H28F2N4O2S2/c1-17-22-21(23(36)31(5)25-30-26(2,3)16-33(22)25)24(37(34,35)20-9-7-6-8-10-20)32(17)15-18-11-13-19(14-12-18)27(4,28)29/h6-14H,15-16H2,1-5H3. The van der Waals surface area contributed by atoms with Crippen molar-refractivity contribution in [1.29, 1.82) is 0 Å². The van der Waals surface area contributed by atoms with E-state index in [1.54, 1.807) is 59.0 Å². The summed E-state index contributed by atoms with van der Waals surface area (Å²) < 4.78 is 57.6. The van der Waals surface area contributed by atoms with Crippen molar-refractivity contribution in [3.8, 4) is 0 Å². The highest BCUT2D eigenvalue weighted by atomic mass is 32.2. The molecule has 0 N–H and O–H groups in total. The van der Waals surface area contributed by atoms with Crippen molar-refractivity contribution in [3.05, 3.63) is 77.0 Å². The van der Waals surface area contributed by atoms with Crippen molar-refractivity contribution in [2.24, 2.45) is 4.99 Å². The van der Waals surface area contributed by atoms with Crippen molar-refractivity contribution >= 4 is 38.7 Å². The average Bonchev–Trinajstić information content (AvgIpc) is 3.31. The molecule has 0 saturated heterocycles. The zero-order valence-electron chi connectivity index (χ0n) is 21.3. The molecule has 2 aromatic carbocycles. The van der Waals surface area contributed by atoms with Crippen LogP contribution in [0.25, 0.3) is 0 Å². The lowest BCUT2D eigenvalue weighted by Gasteiger charge is -2.34. The van der Waals surface area contributed by atoms with Crippen LogP contribution in [0.4, 0.5) is 14.5 Å². The summed E-state index contributed by atoms with van der Waals surface area (Å²) in [5, 5.41) is 0.0942. The van der Waals surface area contributed by atoms with E-state index < -0.39 is 15.8 Å². The fourth-order valence-corrected chi connectivity index (χ4v) is 7.04. The number of hydrogen-bond donors (Lipinski definition) is 0. The lowest BCUT2D eigenvalue weighted by Crippen LogP contribution is -2.48. The van der Waals surface area contributed by atoms with E-state index in [0.717, 1.165) is 18.3 Å². The fraction of sp³-hybridized carbons (Fsp3) is 0.333. The van der Waals surface area contributed by atoms with Gasteiger partial charge in [0.1, 0.15) is 4.99 Å². The SMILES string of the molecule is Cc1c2c(c(S(=O)(=O)c3ccccc3)n1Cc1ccc(C(C)(F)F)cc1)C(=S)N(C)C1=NC(C)(C)CN12. The first-order valence-electron chi connectivity index (χ1n) is 11.9. The molecule has 0 bridgehead atoms. The third kappa shape index (κ3) is 4.16. The Morgan fingerprint density at radius 3 is 2.30 bits per heavy atom. The Labute approximate surface area is 221 Å². The number of sulfone groups is 1. The van der Waals surface area contributed by atoms with Crippen LogP contribution in [0.1, 0.15) is 43.2 Å². The highest BCUT2D eigenvalue weighted by molar-refractivity contribution is 7.91. The van der Waals surface area contributed by atoms with Crippen molar-refractivity contribution in [3.63, 3.8) is 0 Å². The van der Waals surface area contributed by atoms with Gasteiger partial charge in [0.15, 0.2) is 5.03 Å². The van der Waals surface area contributed by atoms with E-state index in [1.807, 2.05) is 25.7 Å². The molecule has 37 heavy (non-hydrogen) atoms. The number of rotatable bonds is 5. The molecular formula is C27H28F2N4O2S2. The molecule has 2 aliphatic rings. The molecule has 2 aliphatic heterocycles. The second-order valence-corrected chi connectivity index (χ2v) is 12.5. The number of thiocarbonyl (C=S) groups is 1. The molecule has 0 unspecified atom stereocenters. The van der Waals surface area contributed by atoms with Gasteiger partial charge in [0.2, 0.25) is 15.8 Å². The zero-order valence-corrected chi connectivity index (χ0v) is 22.9. The third-order valence-corrected chi connectivity index (χ3v) is 9.13. The van der Waals surface area contributed by atoms with Gasteiger partial charge < -0.3 is 14.4 Å². The Morgan fingerprint density at radius 1 is 1.08 bits per heavy atom. The molecule has 3 aromatic rings. The quantitative estimate of drug-likeness (QED) is 0.406. The number of hydrogen-bond acceptors (Lipinski definition) is 5. The summed E-state index contributed by atoms with van der Waals surface area (Å²) >= 11 is 5.84. The van der Waals surface area contributed by atoms with Crippen molar-refractivity contribution in [1.82, 2.24) is 9.47 Å². The molecule has 1 aromatic heterocycles. The van der Waals surface area contributed by atoms with Crippen LogP contribution in [-0.2, 0) is 22.3 Å². The monoisotopic (exact) mass is 542 g/mol. The van der Waals surface area contributed by atoms with Crippen LogP contribution < -0.4 is 4.90 Å². The summed E-state index contributed by atoms with van der Waals surface area (Å²) in [5.41, 5.74) is 2.12. The smallest absolute Gasteiger partial charge is 0.270 e. The summed E-state index contributed by atoms with van der Waals surface area (Å²) in [7, 11) is -2.19. The Hall–Kier alpha value is -3.11. The predicted octanol–water partition coefficient (Wildman–Crippen LogP) is 5.36. The van der Waals surface area contributed by atoms with Gasteiger partial charge in [-0.3, -0.25) is 0 Å². The van der Waals surface area contributed by atoms with Crippen LogP contribution in [0.5, 0.6) is 0 Å². The number of nitrogens with zero attached hydrogens (tertiary/aromatic N) is 4. The van der Waals surface area contributed by atoms with E-state index in [-0.39, 0.29) is 27.6 Å². The maximum atomic E-state index is 14.1. The molecule has 10 heteroatoms. The Morgan fingerprint density at radius 2 is 1.70 bits per heavy atom. The molecule has 0 aliphatic carbocycles. The topological polar surface area (TPSA) is 57.9 Å². The number of anilines is 1. The molecule has 6 nitrogen and oxygen atoms in total. The Balaban J connectivity index is 1.75. The minimum atomic E-state index is -3.99. The molecule has 5 rings (SSSR count).